The zero-order chi connectivity index (χ0) is 22.7. The molecule has 7 rings (SSSR count). The lowest BCUT2D eigenvalue weighted by Crippen LogP contribution is -2.75. The van der Waals surface area contributed by atoms with Gasteiger partial charge in [-0.15, -0.1) is 0 Å². The Labute approximate surface area is 191 Å². The minimum atomic E-state index is -1.22. The van der Waals surface area contributed by atoms with Gasteiger partial charge in [-0.3, -0.25) is 4.79 Å². The van der Waals surface area contributed by atoms with Crippen molar-refractivity contribution in [3.63, 3.8) is 0 Å². The van der Waals surface area contributed by atoms with Crippen molar-refractivity contribution in [2.45, 2.75) is 49.3 Å². The van der Waals surface area contributed by atoms with Crippen molar-refractivity contribution < 1.29 is 19.4 Å². The van der Waals surface area contributed by atoms with Crippen molar-refractivity contribution in [2.75, 3.05) is 19.4 Å². The Bertz CT molecular complexity index is 1390. The van der Waals surface area contributed by atoms with Crippen LogP contribution < -0.4 is 15.2 Å². The van der Waals surface area contributed by atoms with Crippen LogP contribution in [0, 0.1) is 0 Å². The fourth-order valence-electron chi connectivity index (χ4n) is 7.21. The lowest BCUT2D eigenvalue weighted by Gasteiger charge is -2.62. The van der Waals surface area contributed by atoms with E-state index < -0.39 is 17.1 Å². The van der Waals surface area contributed by atoms with E-state index in [-0.39, 0.29) is 11.9 Å². The first-order chi connectivity index (χ1) is 15.9. The Morgan fingerprint density at radius 1 is 1.30 bits per heavy atom. The van der Waals surface area contributed by atoms with Crippen LogP contribution in [-0.2, 0) is 23.1 Å². The van der Waals surface area contributed by atoms with Gasteiger partial charge in [0.25, 0.3) is 0 Å². The topological polar surface area (TPSA) is 97.9 Å². The van der Waals surface area contributed by atoms with Gasteiger partial charge in [0.1, 0.15) is 5.60 Å². The van der Waals surface area contributed by atoms with E-state index in [4.69, 9.17) is 20.2 Å². The molecule has 4 atom stereocenters. The second-order valence-corrected chi connectivity index (χ2v) is 9.79. The van der Waals surface area contributed by atoms with Gasteiger partial charge < -0.3 is 25.2 Å². The summed E-state index contributed by atoms with van der Waals surface area (Å²) in [4.78, 5) is 19.5. The van der Waals surface area contributed by atoms with Gasteiger partial charge in [-0.2, -0.15) is 0 Å². The highest BCUT2D eigenvalue weighted by molar-refractivity contribution is 5.93. The van der Waals surface area contributed by atoms with Gasteiger partial charge in [0.15, 0.2) is 17.6 Å². The third kappa shape index (κ3) is 2.01. The number of anilines is 1. The number of carbonyl (C=O) groups excluding carboxylic acids is 1. The van der Waals surface area contributed by atoms with Crippen LogP contribution in [0.5, 0.6) is 11.5 Å². The van der Waals surface area contributed by atoms with Crippen LogP contribution in [-0.4, -0.2) is 46.2 Å². The number of nitrogen functional groups attached to an aromatic ring is 1. The van der Waals surface area contributed by atoms with Gasteiger partial charge in [0.2, 0.25) is 5.91 Å². The van der Waals surface area contributed by atoms with E-state index >= 15 is 0 Å². The van der Waals surface area contributed by atoms with Crippen molar-refractivity contribution in [2.24, 2.45) is 0 Å². The fraction of sp³-hybridized carbons (Fsp3) is 0.385. The molecule has 4 aliphatic rings. The second-order valence-electron chi connectivity index (χ2n) is 9.79. The fourth-order valence-corrected chi connectivity index (χ4v) is 7.21. The number of rotatable bonds is 1. The zero-order valence-electron chi connectivity index (χ0n) is 18.6. The molecule has 1 fully saturated rings. The third-order valence-electron chi connectivity index (χ3n) is 8.59. The average Bonchev–Trinajstić information content (AvgIpc) is 3.15. The van der Waals surface area contributed by atoms with Gasteiger partial charge in [-0.25, -0.2) is 4.98 Å². The molecule has 2 unspecified atom stereocenters. The van der Waals surface area contributed by atoms with Crippen LogP contribution in [0.3, 0.4) is 0 Å². The first-order valence-electron chi connectivity index (χ1n) is 11.4. The van der Waals surface area contributed by atoms with E-state index in [0.717, 1.165) is 33.3 Å². The minimum absolute atomic E-state index is 0.0219. The Balaban J connectivity index is 1.58. The summed E-state index contributed by atoms with van der Waals surface area (Å²) >= 11 is 0. The maximum absolute atomic E-state index is 12.6. The maximum Gasteiger partial charge on any atom is 0.219 e. The number of nitrogens with zero attached hydrogens (tertiary/aromatic N) is 2. The zero-order valence-corrected chi connectivity index (χ0v) is 18.6. The number of aromatic nitrogens is 1. The number of piperidine rings is 1. The normalized spacial score (nSPS) is 30.5. The molecule has 0 saturated carbocycles. The molecule has 168 valence electrons. The van der Waals surface area contributed by atoms with E-state index in [1.54, 1.807) is 14.0 Å². The molecular weight excluding hydrogens is 418 g/mol. The Morgan fingerprint density at radius 3 is 2.91 bits per heavy atom. The van der Waals surface area contributed by atoms with Crippen molar-refractivity contribution >= 4 is 22.5 Å². The molecule has 2 aromatic carbocycles. The summed E-state index contributed by atoms with van der Waals surface area (Å²) in [6, 6.07) is 11.4. The SMILES string of the molecule is COc1ccc2c3c1OC1c4nc5ccccc5c(N)c4CC4(O)[C@H](C2)N(C(C)=O)CC[C@]314. The minimum Gasteiger partial charge on any atom is -0.493 e. The molecule has 1 aromatic heterocycles. The number of aliphatic hydroxyl groups is 1. The molecule has 3 aromatic rings. The van der Waals surface area contributed by atoms with Crippen LogP contribution in [0.2, 0.25) is 0 Å². The highest BCUT2D eigenvalue weighted by Gasteiger charge is 2.73. The molecule has 33 heavy (non-hydrogen) atoms. The van der Waals surface area contributed by atoms with Gasteiger partial charge in [-0.05, 0) is 30.5 Å². The second kappa shape index (κ2) is 5.97. The number of benzene rings is 2. The molecule has 7 heteroatoms. The van der Waals surface area contributed by atoms with Crippen molar-refractivity contribution in [1.82, 2.24) is 9.88 Å². The van der Waals surface area contributed by atoms with E-state index in [1.165, 1.54) is 0 Å². The van der Waals surface area contributed by atoms with Crippen molar-refractivity contribution in [3.8, 4) is 11.5 Å². The first kappa shape index (κ1) is 19.2. The van der Waals surface area contributed by atoms with E-state index in [0.29, 0.717) is 43.0 Å². The van der Waals surface area contributed by atoms with Crippen molar-refractivity contribution in [1.29, 1.82) is 0 Å². The molecule has 7 nitrogen and oxygen atoms in total. The van der Waals surface area contributed by atoms with Crippen molar-refractivity contribution in [3.05, 3.63) is 58.8 Å². The molecule has 1 amide bonds. The molecule has 2 aliphatic heterocycles. The van der Waals surface area contributed by atoms with Gasteiger partial charge in [0.05, 0.1) is 29.8 Å². The van der Waals surface area contributed by atoms with Crippen LogP contribution >= 0.6 is 0 Å². The molecule has 1 spiro atoms. The predicted molar refractivity (Wildman–Crippen MR) is 122 cm³/mol. The van der Waals surface area contributed by atoms with Crippen LogP contribution in [0.1, 0.15) is 41.8 Å². The molecule has 2 aliphatic carbocycles. The number of ether oxygens (including phenoxy) is 2. The number of para-hydroxylation sites is 1. The first-order valence-corrected chi connectivity index (χ1v) is 11.4. The lowest BCUT2D eigenvalue weighted by molar-refractivity contribution is -0.181. The van der Waals surface area contributed by atoms with E-state index in [2.05, 4.69) is 6.07 Å². The number of amides is 1. The van der Waals surface area contributed by atoms with Gasteiger partial charge >= 0.3 is 0 Å². The quantitative estimate of drug-likeness (QED) is 0.600. The number of hydrogen-bond acceptors (Lipinski definition) is 6. The lowest BCUT2D eigenvalue weighted by atomic mass is 9.48. The summed E-state index contributed by atoms with van der Waals surface area (Å²) in [5.74, 6) is 1.32. The average molecular weight is 444 g/mol. The Kier molecular flexibility index (Phi) is 3.47. The van der Waals surface area contributed by atoms with Crippen LogP contribution in [0.25, 0.3) is 10.9 Å². The molecule has 1 saturated heterocycles. The molecular formula is C26H25N3O4. The number of fused-ring (bicyclic) bond motifs is 3. The summed E-state index contributed by atoms with van der Waals surface area (Å²) in [6.07, 6.45) is 0.984. The molecule has 2 bridgehead atoms. The monoisotopic (exact) mass is 443 g/mol. The number of hydrogen-bond donors (Lipinski definition) is 2. The number of nitrogens with two attached hydrogens (primary N) is 1. The number of carbonyl (C=O) groups is 1. The number of methoxy groups -OCH3 is 1. The van der Waals surface area contributed by atoms with Crippen LogP contribution in [0.15, 0.2) is 36.4 Å². The summed E-state index contributed by atoms with van der Waals surface area (Å²) in [7, 11) is 1.63. The molecule has 0 radical (unpaired) electrons. The van der Waals surface area contributed by atoms with Crippen LogP contribution in [0.4, 0.5) is 5.69 Å². The third-order valence-corrected chi connectivity index (χ3v) is 8.59. The number of likely N-dealkylation sites (tertiary alicyclic amines) is 1. The van der Waals surface area contributed by atoms with Gasteiger partial charge in [-0.1, -0.05) is 24.3 Å². The standard InChI is InChI=1S/C26H25N3O4/c1-13(30)29-10-9-25-20-14-7-8-18(32-2)23(20)33-24(25)22-16(12-26(25,31)19(29)11-14)21(27)15-5-3-4-6-17(15)28-22/h3-8,19,24,31H,9-12H2,1-2H3,(H2,27,28)/t19-,24?,25-,26?/m0/s1. The highest BCUT2D eigenvalue weighted by Crippen LogP contribution is 2.69. The smallest absolute Gasteiger partial charge is 0.219 e. The number of pyridine rings is 1. The largest absolute Gasteiger partial charge is 0.493 e. The Morgan fingerprint density at radius 2 is 2.12 bits per heavy atom. The summed E-state index contributed by atoms with van der Waals surface area (Å²) in [6.45, 7) is 2.15. The molecule has 3 heterocycles. The Hall–Kier alpha value is -3.32. The summed E-state index contributed by atoms with van der Waals surface area (Å²) in [5.41, 5.74) is 9.95. The molecule has 3 N–H and O–H groups in total. The summed E-state index contributed by atoms with van der Waals surface area (Å²) < 4.78 is 12.4. The van der Waals surface area contributed by atoms with E-state index in [9.17, 15) is 9.90 Å². The van der Waals surface area contributed by atoms with E-state index in [1.807, 2.05) is 35.2 Å². The van der Waals surface area contributed by atoms with Gasteiger partial charge in [0, 0.05) is 42.1 Å². The highest BCUT2D eigenvalue weighted by atomic mass is 16.5. The predicted octanol–water partition coefficient (Wildman–Crippen LogP) is 2.66. The maximum atomic E-state index is 12.6. The summed E-state index contributed by atoms with van der Waals surface area (Å²) in [5, 5.41) is 13.5.